The standard InChI is InChI=1S/C22H31N7O2/c1-25-19-18(20(30)26(2)22(25)31)28-15-17(16-9-5-3-6-10-16)24-29(21(28)23-19)14-13-27-11-7-4-8-12-27/h3,5-6,9-10,18-19,21,23H,4,7-8,11-15H2,1-2H3. The monoisotopic (exact) mass is 425 g/mol. The van der Waals surface area contributed by atoms with E-state index in [1.165, 1.54) is 24.2 Å². The zero-order valence-corrected chi connectivity index (χ0v) is 18.3. The van der Waals surface area contributed by atoms with Crippen LogP contribution in [0.2, 0.25) is 0 Å². The Morgan fingerprint density at radius 2 is 1.77 bits per heavy atom. The van der Waals surface area contributed by atoms with Crippen molar-refractivity contribution in [1.82, 2.24) is 29.9 Å². The molecule has 5 rings (SSSR count). The summed E-state index contributed by atoms with van der Waals surface area (Å²) < 4.78 is 0. The Bertz CT molecular complexity index is 870. The van der Waals surface area contributed by atoms with Gasteiger partial charge in [-0.3, -0.25) is 20.0 Å². The number of likely N-dealkylation sites (tertiary alicyclic amines) is 1. The maximum atomic E-state index is 13.1. The number of carbonyl (C=O) groups is 2. The molecule has 9 nitrogen and oxygen atoms in total. The predicted molar refractivity (Wildman–Crippen MR) is 117 cm³/mol. The van der Waals surface area contributed by atoms with E-state index in [1.807, 2.05) is 18.2 Å². The van der Waals surface area contributed by atoms with Gasteiger partial charge in [-0.1, -0.05) is 36.8 Å². The number of piperidine rings is 1. The molecule has 4 aliphatic heterocycles. The average Bonchev–Trinajstić information content (AvgIpc) is 3.21. The van der Waals surface area contributed by atoms with Gasteiger partial charge in [-0.15, -0.1) is 0 Å². The van der Waals surface area contributed by atoms with Crippen molar-refractivity contribution in [2.24, 2.45) is 5.10 Å². The van der Waals surface area contributed by atoms with Gasteiger partial charge in [0.25, 0.3) is 5.91 Å². The van der Waals surface area contributed by atoms with Gasteiger partial charge in [0.1, 0.15) is 12.2 Å². The first kappa shape index (κ1) is 20.4. The fourth-order valence-corrected chi connectivity index (χ4v) is 5.16. The molecule has 1 N–H and O–H groups in total. The van der Waals surface area contributed by atoms with Crippen LogP contribution in [0, 0.1) is 0 Å². The molecule has 0 radical (unpaired) electrons. The van der Waals surface area contributed by atoms with E-state index in [1.54, 1.807) is 19.0 Å². The van der Waals surface area contributed by atoms with Crippen molar-refractivity contribution in [2.75, 3.05) is 46.8 Å². The summed E-state index contributed by atoms with van der Waals surface area (Å²) in [6.45, 7) is 4.54. The lowest BCUT2D eigenvalue weighted by molar-refractivity contribution is -0.137. The van der Waals surface area contributed by atoms with Crippen molar-refractivity contribution >= 4 is 17.6 Å². The van der Waals surface area contributed by atoms with E-state index in [4.69, 9.17) is 5.10 Å². The molecule has 3 amide bonds. The molecule has 31 heavy (non-hydrogen) atoms. The third-order valence-corrected chi connectivity index (χ3v) is 6.94. The highest BCUT2D eigenvalue weighted by Crippen LogP contribution is 2.30. The molecule has 0 saturated carbocycles. The molecule has 4 heterocycles. The van der Waals surface area contributed by atoms with Gasteiger partial charge >= 0.3 is 6.03 Å². The number of imide groups is 1. The lowest BCUT2D eigenvalue weighted by atomic mass is 10.1. The van der Waals surface area contributed by atoms with Crippen LogP contribution in [0.1, 0.15) is 24.8 Å². The van der Waals surface area contributed by atoms with Crippen molar-refractivity contribution < 1.29 is 9.59 Å². The molecule has 9 heteroatoms. The lowest BCUT2D eigenvalue weighted by Crippen LogP contribution is -2.65. The normalized spacial score (nSPS) is 29.8. The van der Waals surface area contributed by atoms with Crippen LogP contribution in [0.4, 0.5) is 4.79 Å². The summed E-state index contributed by atoms with van der Waals surface area (Å²) >= 11 is 0. The van der Waals surface area contributed by atoms with Crippen LogP contribution in [0.15, 0.2) is 35.4 Å². The topological polar surface area (TPSA) is 74.7 Å². The van der Waals surface area contributed by atoms with Crippen LogP contribution < -0.4 is 5.32 Å². The van der Waals surface area contributed by atoms with E-state index in [2.05, 4.69) is 32.3 Å². The van der Waals surface area contributed by atoms with Crippen LogP contribution in [-0.2, 0) is 4.79 Å². The van der Waals surface area contributed by atoms with Gasteiger partial charge in [0, 0.05) is 27.2 Å². The van der Waals surface area contributed by atoms with Crippen molar-refractivity contribution in [3.05, 3.63) is 35.9 Å². The molecule has 0 aliphatic carbocycles. The summed E-state index contributed by atoms with van der Waals surface area (Å²) in [4.78, 5) is 33.1. The summed E-state index contributed by atoms with van der Waals surface area (Å²) in [6, 6.07) is 9.45. The van der Waals surface area contributed by atoms with Crippen molar-refractivity contribution in [3.63, 3.8) is 0 Å². The van der Waals surface area contributed by atoms with Crippen LogP contribution >= 0.6 is 0 Å². The molecular formula is C22H31N7O2. The first-order valence-electron chi connectivity index (χ1n) is 11.2. The highest BCUT2D eigenvalue weighted by molar-refractivity contribution is 6.04. The molecule has 0 bridgehead atoms. The van der Waals surface area contributed by atoms with Gasteiger partial charge in [0.15, 0.2) is 6.29 Å². The number of benzene rings is 1. The Morgan fingerprint density at radius 1 is 1.03 bits per heavy atom. The van der Waals surface area contributed by atoms with Gasteiger partial charge in [0.05, 0.1) is 12.3 Å². The number of likely N-dealkylation sites (N-methyl/N-ethyl adjacent to an activating group) is 2. The number of hydrogen-bond donors (Lipinski definition) is 1. The van der Waals surface area contributed by atoms with Crippen LogP contribution in [0.25, 0.3) is 0 Å². The highest BCUT2D eigenvalue weighted by atomic mass is 16.2. The highest BCUT2D eigenvalue weighted by Gasteiger charge is 2.55. The molecule has 4 aliphatic rings. The second-order valence-corrected chi connectivity index (χ2v) is 8.87. The van der Waals surface area contributed by atoms with Crippen molar-refractivity contribution in [1.29, 1.82) is 0 Å². The number of nitrogens with zero attached hydrogens (tertiary/aromatic N) is 6. The Hall–Kier alpha value is -2.49. The summed E-state index contributed by atoms with van der Waals surface area (Å²) in [5.41, 5.74) is 2.02. The van der Waals surface area contributed by atoms with Crippen LogP contribution in [0.5, 0.6) is 0 Å². The van der Waals surface area contributed by atoms with Crippen molar-refractivity contribution in [3.8, 4) is 0 Å². The third-order valence-electron chi connectivity index (χ3n) is 6.94. The fraction of sp³-hybridized carbons (Fsp3) is 0.591. The average molecular weight is 426 g/mol. The minimum absolute atomic E-state index is 0.159. The fourth-order valence-electron chi connectivity index (χ4n) is 5.16. The van der Waals surface area contributed by atoms with E-state index < -0.39 is 6.04 Å². The number of hydrazone groups is 1. The number of hydrogen-bond acceptors (Lipinski definition) is 7. The largest absolute Gasteiger partial charge is 0.327 e. The molecule has 0 spiro atoms. The summed E-state index contributed by atoms with van der Waals surface area (Å²) in [6.07, 6.45) is 3.25. The van der Waals surface area contributed by atoms with Crippen LogP contribution in [-0.4, -0.2) is 108 Å². The zero-order chi connectivity index (χ0) is 21.5. The summed E-state index contributed by atoms with van der Waals surface area (Å²) in [5.74, 6) is -0.159. The molecule has 3 atom stereocenters. The minimum atomic E-state index is -0.426. The first-order chi connectivity index (χ1) is 15.0. The molecular weight excluding hydrogens is 394 g/mol. The summed E-state index contributed by atoms with van der Waals surface area (Å²) in [7, 11) is 3.32. The van der Waals surface area contributed by atoms with Crippen LogP contribution in [0.3, 0.4) is 0 Å². The Kier molecular flexibility index (Phi) is 5.41. The van der Waals surface area contributed by atoms with E-state index in [0.717, 1.165) is 37.5 Å². The van der Waals surface area contributed by atoms with E-state index in [-0.39, 0.29) is 24.4 Å². The predicted octanol–water partition coefficient (Wildman–Crippen LogP) is 0.600. The second-order valence-electron chi connectivity index (χ2n) is 8.87. The van der Waals surface area contributed by atoms with Crippen molar-refractivity contribution in [2.45, 2.75) is 37.8 Å². The maximum Gasteiger partial charge on any atom is 0.327 e. The number of carbonyl (C=O) groups excluding carboxylic acids is 2. The number of amides is 3. The molecule has 0 aromatic heterocycles. The quantitative estimate of drug-likeness (QED) is 0.762. The van der Waals surface area contributed by atoms with E-state index in [9.17, 15) is 9.59 Å². The molecule has 3 fully saturated rings. The van der Waals surface area contributed by atoms with Gasteiger partial charge in [0.2, 0.25) is 0 Å². The Labute approximate surface area is 183 Å². The SMILES string of the molecule is CN1C(=O)C2C(NC3N(CCN4CCCCC4)N=C(c4ccccc4)CN23)N(C)C1=O. The maximum absolute atomic E-state index is 13.1. The summed E-state index contributed by atoms with van der Waals surface area (Å²) in [5, 5.41) is 10.6. The number of urea groups is 1. The second kappa shape index (κ2) is 8.22. The smallest absolute Gasteiger partial charge is 0.310 e. The first-order valence-corrected chi connectivity index (χ1v) is 11.2. The molecule has 1 aromatic carbocycles. The minimum Gasteiger partial charge on any atom is -0.310 e. The Morgan fingerprint density at radius 3 is 2.52 bits per heavy atom. The van der Waals surface area contributed by atoms with Gasteiger partial charge < -0.3 is 9.80 Å². The molecule has 1 aromatic rings. The number of rotatable bonds is 4. The molecule has 3 unspecified atom stereocenters. The number of fused-ring (bicyclic) bond motifs is 3. The van der Waals surface area contributed by atoms with E-state index >= 15 is 0 Å². The third kappa shape index (κ3) is 3.60. The zero-order valence-electron chi connectivity index (χ0n) is 18.3. The molecule has 166 valence electrons. The van der Waals surface area contributed by atoms with Gasteiger partial charge in [-0.05, 0) is 31.5 Å². The van der Waals surface area contributed by atoms with Gasteiger partial charge in [-0.25, -0.2) is 9.69 Å². The number of nitrogens with one attached hydrogen (secondary N) is 1. The molecule has 3 saturated heterocycles. The lowest BCUT2D eigenvalue weighted by Gasteiger charge is -2.42. The van der Waals surface area contributed by atoms with Gasteiger partial charge in [-0.2, -0.15) is 5.10 Å². The van der Waals surface area contributed by atoms with E-state index in [0.29, 0.717) is 6.54 Å². The Balaban J connectivity index is 1.44.